The molecule has 5 heterocycles. The van der Waals surface area contributed by atoms with E-state index >= 15 is 0 Å². The van der Waals surface area contributed by atoms with E-state index in [1.807, 2.05) is 26.8 Å². The van der Waals surface area contributed by atoms with E-state index in [0.717, 1.165) is 78.8 Å². The smallest absolute Gasteiger partial charge is 0.229 e. The van der Waals surface area contributed by atoms with Crippen LogP contribution in [0.4, 0.5) is 10.3 Å². The van der Waals surface area contributed by atoms with Crippen molar-refractivity contribution in [3.8, 4) is 5.82 Å². The van der Waals surface area contributed by atoms with Gasteiger partial charge in [0.25, 0.3) is 0 Å². The number of morpholine rings is 1. The monoisotopic (exact) mass is 498 g/mol. The normalized spacial score (nSPS) is 16.6. The molecule has 0 radical (unpaired) electrons. The second-order valence-corrected chi connectivity index (χ2v) is 8.72. The van der Waals surface area contributed by atoms with Crippen molar-refractivity contribution in [2.75, 3.05) is 51.0 Å². The number of ether oxygens (including phenoxy) is 1. The van der Waals surface area contributed by atoms with E-state index in [4.69, 9.17) is 19.7 Å². The van der Waals surface area contributed by atoms with Crippen LogP contribution >= 0.6 is 0 Å². The van der Waals surface area contributed by atoms with Crippen molar-refractivity contribution in [1.29, 1.82) is 0 Å². The number of piperidine rings is 1. The lowest BCUT2D eigenvalue weighted by Crippen LogP contribution is -2.39. The molecule has 0 spiro atoms. The Bertz CT molecular complexity index is 1260. The molecule has 2 fully saturated rings. The molecule has 36 heavy (non-hydrogen) atoms. The highest BCUT2D eigenvalue weighted by atomic mass is 19.1. The first-order chi connectivity index (χ1) is 17.6. The third kappa shape index (κ3) is 4.84. The Morgan fingerprint density at radius 3 is 2.42 bits per heavy atom. The van der Waals surface area contributed by atoms with Crippen LogP contribution in [0.15, 0.2) is 24.3 Å². The van der Waals surface area contributed by atoms with Crippen molar-refractivity contribution in [2.45, 2.75) is 46.6 Å². The van der Waals surface area contributed by atoms with Gasteiger partial charge in [-0.15, -0.1) is 0 Å². The minimum atomic E-state index is -0.250. The predicted octanol–water partition coefficient (Wildman–Crippen LogP) is 4.18. The molecule has 0 amide bonds. The van der Waals surface area contributed by atoms with E-state index in [2.05, 4.69) is 49.4 Å². The summed E-state index contributed by atoms with van der Waals surface area (Å²) >= 11 is 0. The Balaban J connectivity index is 0.000000569. The van der Waals surface area contributed by atoms with Crippen LogP contribution < -0.4 is 10.2 Å². The molecule has 0 unspecified atom stereocenters. The number of aryl methyl sites for hydroxylation is 2. The summed E-state index contributed by atoms with van der Waals surface area (Å²) in [6.07, 6.45) is 2.23. The molecule has 0 atom stereocenters. The lowest BCUT2D eigenvalue weighted by molar-refractivity contribution is 0.122. The Hall–Kier alpha value is -2.98. The van der Waals surface area contributed by atoms with Crippen molar-refractivity contribution < 1.29 is 9.13 Å². The number of nitrogens with one attached hydrogen (secondary N) is 1. The highest BCUT2D eigenvalue weighted by Crippen LogP contribution is 2.33. The van der Waals surface area contributed by atoms with Crippen LogP contribution in [0.25, 0.3) is 28.0 Å². The second-order valence-electron chi connectivity index (χ2n) is 8.72. The third-order valence-corrected chi connectivity index (χ3v) is 6.59. The number of nitrogens with zero attached hydrogens (tertiary/aromatic N) is 7. The molecular formula is C26H39FN8O. The minimum absolute atomic E-state index is 0.250. The van der Waals surface area contributed by atoms with Gasteiger partial charge in [-0.1, -0.05) is 26.0 Å². The van der Waals surface area contributed by atoms with Gasteiger partial charge in [0.2, 0.25) is 5.95 Å². The Labute approximate surface area is 212 Å². The van der Waals surface area contributed by atoms with Crippen LogP contribution in [0.1, 0.15) is 45.5 Å². The summed E-state index contributed by atoms with van der Waals surface area (Å²) in [4.78, 5) is 17.2. The number of rotatable bonds is 3. The first-order valence-electron chi connectivity index (χ1n) is 13.1. The molecule has 6 rings (SSSR count). The van der Waals surface area contributed by atoms with E-state index in [1.54, 1.807) is 0 Å². The van der Waals surface area contributed by atoms with Gasteiger partial charge in [0.1, 0.15) is 11.3 Å². The lowest BCUT2D eigenvalue weighted by Gasteiger charge is -2.34. The van der Waals surface area contributed by atoms with Gasteiger partial charge < -0.3 is 15.0 Å². The number of hydrogen-bond donors (Lipinski definition) is 1. The first-order valence-corrected chi connectivity index (χ1v) is 13.1. The molecule has 9 nitrogen and oxygen atoms in total. The Kier molecular flexibility index (Phi) is 8.58. The van der Waals surface area contributed by atoms with Crippen molar-refractivity contribution in [3.05, 3.63) is 30.1 Å². The molecule has 1 N–H and O–H groups in total. The van der Waals surface area contributed by atoms with Crippen molar-refractivity contribution >= 4 is 28.1 Å². The van der Waals surface area contributed by atoms with Gasteiger partial charge in [-0.05, 0) is 51.9 Å². The fourth-order valence-corrected chi connectivity index (χ4v) is 5.02. The zero-order chi connectivity index (χ0) is 25.7. The van der Waals surface area contributed by atoms with Gasteiger partial charge in [0.05, 0.1) is 37.0 Å². The van der Waals surface area contributed by atoms with Crippen LogP contribution in [-0.4, -0.2) is 75.0 Å². The number of hydrogen-bond acceptors (Lipinski definition) is 6. The molecule has 10 heteroatoms. The van der Waals surface area contributed by atoms with Gasteiger partial charge >= 0.3 is 0 Å². The van der Waals surface area contributed by atoms with E-state index in [0.29, 0.717) is 19.3 Å². The molecule has 2 aliphatic rings. The van der Waals surface area contributed by atoms with Gasteiger partial charge in [-0.3, -0.25) is 18.3 Å². The number of alkyl halides is 1. The summed E-state index contributed by atoms with van der Waals surface area (Å²) < 4.78 is 22.6. The molecule has 0 saturated carbocycles. The topological polar surface area (TPSA) is 78.0 Å². The molecule has 4 aromatic rings. The molecule has 2 aliphatic heterocycles. The first kappa shape index (κ1) is 26.1. The lowest BCUT2D eigenvalue weighted by atomic mass is 10.1. The van der Waals surface area contributed by atoms with Gasteiger partial charge in [0, 0.05) is 20.1 Å². The molecule has 1 aromatic carbocycles. The number of aromatic nitrogens is 6. The number of anilines is 1. The SMILES string of the molecule is CC.CCF.Cc1nc2ccccc2n1-c1nc(N2CCOCC2)nc2c1n(C)n2C1CCNCC1. The largest absolute Gasteiger partial charge is 0.378 e. The van der Waals surface area contributed by atoms with E-state index in [-0.39, 0.29) is 6.67 Å². The fourth-order valence-electron chi connectivity index (χ4n) is 5.02. The molecule has 2 saturated heterocycles. The minimum Gasteiger partial charge on any atom is -0.378 e. The van der Waals surface area contributed by atoms with Crippen LogP contribution in [0.5, 0.6) is 0 Å². The summed E-state index contributed by atoms with van der Waals surface area (Å²) in [5.41, 5.74) is 4.15. The van der Waals surface area contributed by atoms with E-state index in [9.17, 15) is 4.39 Å². The molecular weight excluding hydrogens is 459 g/mol. The molecule has 196 valence electrons. The average Bonchev–Trinajstić information content (AvgIpc) is 3.26. The number of fused-ring (bicyclic) bond motifs is 2. The Morgan fingerprint density at radius 1 is 1.06 bits per heavy atom. The highest BCUT2D eigenvalue weighted by Gasteiger charge is 2.29. The second kappa shape index (κ2) is 11.8. The van der Waals surface area contributed by atoms with Gasteiger partial charge in [0.15, 0.2) is 11.5 Å². The average molecular weight is 499 g/mol. The zero-order valence-corrected chi connectivity index (χ0v) is 22.2. The summed E-state index contributed by atoms with van der Waals surface area (Å²) in [6, 6.07) is 8.71. The maximum absolute atomic E-state index is 10.3. The maximum atomic E-state index is 10.3. The van der Waals surface area contributed by atoms with Gasteiger partial charge in [-0.2, -0.15) is 9.97 Å². The summed E-state index contributed by atoms with van der Waals surface area (Å²) in [7, 11) is 2.13. The van der Waals surface area contributed by atoms with Crippen molar-refractivity contribution in [2.24, 2.45) is 7.05 Å². The van der Waals surface area contributed by atoms with Crippen molar-refractivity contribution in [3.63, 3.8) is 0 Å². The van der Waals surface area contributed by atoms with Crippen molar-refractivity contribution in [1.82, 2.24) is 34.2 Å². The van der Waals surface area contributed by atoms with Gasteiger partial charge in [-0.25, -0.2) is 4.98 Å². The third-order valence-electron chi connectivity index (χ3n) is 6.59. The number of halogens is 1. The van der Waals surface area contributed by atoms with Crippen LogP contribution in [-0.2, 0) is 11.8 Å². The summed E-state index contributed by atoms with van der Waals surface area (Å²) in [5.74, 6) is 2.62. The molecule has 0 bridgehead atoms. The van der Waals surface area contributed by atoms with E-state index in [1.165, 1.54) is 6.92 Å². The molecule has 3 aromatic heterocycles. The number of benzene rings is 1. The number of para-hydroxylation sites is 2. The Morgan fingerprint density at radius 2 is 1.72 bits per heavy atom. The fraction of sp³-hybridized carbons (Fsp3) is 0.577. The molecule has 0 aliphatic carbocycles. The number of imidazole rings is 1. The van der Waals surface area contributed by atoms with Crippen LogP contribution in [0.3, 0.4) is 0 Å². The standard InChI is InChI=1S/C22H28N8O.C2H5F.C2H6/c1-15-24-17-5-3-4-6-18(17)29(15)20-19-21(26-22(25-20)28-11-13-31-14-12-28)30(27(19)2)16-7-9-23-10-8-16;1-2-3;1-2/h3-6,16,23H,7-14H2,1-2H3;2H2,1H3;1-2H3. The summed E-state index contributed by atoms with van der Waals surface area (Å²) in [5, 5.41) is 3.47. The van der Waals surface area contributed by atoms with Crippen LogP contribution in [0, 0.1) is 6.92 Å². The quantitative estimate of drug-likeness (QED) is 0.457. The predicted molar refractivity (Wildman–Crippen MR) is 143 cm³/mol. The zero-order valence-electron chi connectivity index (χ0n) is 22.2. The highest BCUT2D eigenvalue weighted by molar-refractivity contribution is 5.87. The van der Waals surface area contributed by atoms with Crippen LogP contribution in [0.2, 0.25) is 0 Å². The summed E-state index contributed by atoms with van der Waals surface area (Å²) in [6.45, 7) is 12.4. The van der Waals surface area contributed by atoms with E-state index < -0.39 is 0 Å². The maximum Gasteiger partial charge on any atom is 0.229 e.